The summed E-state index contributed by atoms with van der Waals surface area (Å²) in [5, 5.41) is 6.60. The van der Waals surface area contributed by atoms with Gasteiger partial charge in [-0.25, -0.2) is 0 Å². The molecule has 1 aromatic heterocycles. The Bertz CT molecular complexity index is 775. The lowest BCUT2D eigenvalue weighted by Crippen LogP contribution is -1.96. The number of benzene rings is 2. The van der Waals surface area contributed by atoms with Crippen molar-refractivity contribution in [3.05, 3.63) is 77.1 Å². The number of hydrogen-bond acceptors (Lipinski definition) is 3. The van der Waals surface area contributed by atoms with Crippen LogP contribution in [0.4, 0.5) is 11.4 Å². The molecule has 0 aliphatic carbocycles. The van der Waals surface area contributed by atoms with E-state index in [1.165, 1.54) is 11.3 Å². The van der Waals surface area contributed by atoms with Crippen LogP contribution >= 0.6 is 0 Å². The van der Waals surface area contributed by atoms with Gasteiger partial charge in [-0.05, 0) is 48.2 Å². The number of nitrogens with zero attached hydrogens (tertiary/aromatic N) is 1. The minimum atomic E-state index is 0.628. The summed E-state index contributed by atoms with van der Waals surface area (Å²) >= 11 is 0. The van der Waals surface area contributed by atoms with Crippen LogP contribution in [0, 0.1) is 6.92 Å². The van der Waals surface area contributed by atoms with Gasteiger partial charge in [-0.3, -0.25) is 5.10 Å². The van der Waals surface area contributed by atoms with Crippen molar-refractivity contribution in [1.82, 2.24) is 10.2 Å². The third kappa shape index (κ3) is 5.02. The Morgan fingerprint density at radius 3 is 2.29 bits per heavy atom. The van der Waals surface area contributed by atoms with Crippen LogP contribution < -0.4 is 11.5 Å². The Balaban J connectivity index is 0.000000249. The number of anilines is 2. The summed E-state index contributed by atoms with van der Waals surface area (Å²) in [6.07, 6.45) is 6.93. The largest absolute Gasteiger partial charge is 0.397 e. The van der Waals surface area contributed by atoms with Crippen molar-refractivity contribution >= 4 is 23.5 Å². The molecule has 4 nitrogen and oxygen atoms in total. The molecular weight excluding hydrogens is 296 g/mol. The van der Waals surface area contributed by atoms with E-state index in [1.54, 1.807) is 6.20 Å². The zero-order valence-corrected chi connectivity index (χ0v) is 14.2. The predicted molar refractivity (Wildman–Crippen MR) is 103 cm³/mol. The van der Waals surface area contributed by atoms with Crippen LogP contribution in [0.3, 0.4) is 0 Å². The molecule has 0 radical (unpaired) electrons. The van der Waals surface area contributed by atoms with Gasteiger partial charge >= 0.3 is 0 Å². The van der Waals surface area contributed by atoms with Gasteiger partial charge in [0, 0.05) is 11.9 Å². The fraction of sp³-hybridized carbons (Fsp3) is 0.150. The second-order valence-electron chi connectivity index (χ2n) is 5.52. The summed E-state index contributed by atoms with van der Waals surface area (Å²) in [5.41, 5.74) is 17.4. The topological polar surface area (TPSA) is 80.7 Å². The molecule has 5 N–H and O–H groups in total. The van der Waals surface area contributed by atoms with Gasteiger partial charge in [0.25, 0.3) is 0 Å². The number of rotatable bonds is 3. The molecule has 124 valence electrons. The summed E-state index contributed by atoms with van der Waals surface area (Å²) in [6.45, 7) is 4.12. The molecule has 0 aliphatic rings. The zero-order valence-electron chi connectivity index (χ0n) is 14.2. The van der Waals surface area contributed by atoms with Gasteiger partial charge in [0.2, 0.25) is 0 Å². The highest BCUT2D eigenvalue weighted by Crippen LogP contribution is 2.22. The Kier molecular flexibility index (Phi) is 6.20. The predicted octanol–water partition coefficient (Wildman–Crippen LogP) is 4.30. The zero-order chi connectivity index (χ0) is 17.4. The first-order valence-electron chi connectivity index (χ1n) is 7.97. The van der Waals surface area contributed by atoms with Gasteiger partial charge in [-0.2, -0.15) is 5.10 Å². The lowest BCUT2D eigenvalue weighted by atomic mass is 10.0. The summed E-state index contributed by atoms with van der Waals surface area (Å²) in [5.74, 6) is 0. The number of H-pyrrole nitrogens is 1. The van der Waals surface area contributed by atoms with E-state index in [0.717, 1.165) is 17.5 Å². The van der Waals surface area contributed by atoms with E-state index in [1.807, 2.05) is 43.3 Å². The van der Waals surface area contributed by atoms with Gasteiger partial charge in [-0.15, -0.1) is 0 Å². The lowest BCUT2D eigenvalue weighted by Gasteiger charge is -2.05. The molecule has 3 rings (SSSR count). The van der Waals surface area contributed by atoms with Gasteiger partial charge in [0.15, 0.2) is 0 Å². The van der Waals surface area contributed by atoms with Crippen molar-refractivity contribution in [2.24, 2.45) is 0 Å². The smallest absolute Gasteiger partial charge is 0.0553 e. The Morgan fingerprint density at radius 2 is 1.71 bits per heavy atom. The van der Waals surface area contributed by atoms with Crippen molar-refractivity contribution < 1.29 is 0 Å². The van der Waals surface area contributed by atoms with E-state index >= 15 is 0 Å². The van der Waals surface area contributed by atoms with Gasteiger partial charge in [0.05, 0.1) is 11.4 Å². The van der Waals surface area contributed by atoms with Crippen LogP contribution in [-0.4, -0.2) is 10.2 Å². The van der Waals surface area contributed by atoms with Crippen LogP contribution in [0.25, 0.3) is 12.2 Å². The van der Waals surface area contributed by atoms with Crippen molar-refractivity contribution in [3.8, 4) is 0 Å². The summed E-state index contributed by atoms with van der Waals surface area (Å²) in [7, 11) is 0. The first-order valence-corrected chi connectivity index (χ1v) is 7.97. The molecule has 3 aromatic rings. The van der Waals surface area contributed by atoms with Crippen LogP contribution in [0.1, 0.15) is 29.3 Å². The second kappa shape index (κ2) is 8.58. The molecule has 0 amide bonds. The Morgan fingerprint density at radius 1 is 1.00 bits per heavy atom. The summed E-state index contributed by atoms with van der Waals surface area (Å²) in [4.78, 5) is 0. The quantitative estimate of drug-likeness (QED) is 0.497. The molecule has 0 saturated carbocycles. The monoisotopic (exact) mass is 320 g/mol. The van der Waals surface area contributed by atoms with E-state index in [0.29, 0.717) is 11.4 Å². The number of nitrogen functional groups attached to an aromatic ring is 2. The first kappa shape index (κ1) is 17.3. The Labute approximate surface area is 143 Å². The Hall–Kier alpha value is -3.01. The fourth-order valence-corrected chi connectivity index (χ4v) is 2.18. The highest BCUT2D eigenvalue weighted by molar-refractivity contribution is 5.76. The number of aromatic nitrogens is 2. The van der Waals surface area contributed by atoms with E-state index in [2.05, 4.69) is 41.4 Å². The maximum atomic E-state index is 5.80. The number of aryl methyl sites for hydroxylation is 2. The molecule has 24 heavy (non-hydrogen) atoms. The third-order valence-corrected chi connectivity index (χ3v) is 3.67. The summed E-state index contributed by atoms with van der Waals surface area (Å²) < 4.78 is 0. The fourth-order valence-electron chi connectivity index (χ4n) is 2.18. The molecule has 0 fully saturated rings. The van der Waals surface area contributed by atoms with Crippen LogP contribution in [0.2, 0.25) is 0 Å². The normalized spacial score (nSPS) is 10.4. The molecule has 0 aliphatic heterocycles. The minimum absolute atomic E-state index is 0.628. The number of nitrogens with two attached hydrogens (primary N) is 2. The number of hydrogen-bond donors (Lipinski definition) is 3. The minimum Gasteiger partial charge on any atom is -0.397 e. The van der Waals surface area contributed by atoms with Crippen molar-refractivity contribution in [2.45, 2.75) is 20.3 Å². The van der Waals surface area contributed by atoms with Gasteiger partial charge in [-0.1, -0.05) is 49.4 Å². The van der Waals surface area contributed by atoms with Crippen LogP contribution in [-0.2, 0) is 6.42 Å². The molecule has 1 heterocycles. The van der Waals surface area contributed by atoms with E-state index in [-0.39, 0.29) is 0 Å². The molecule has 0 unspecified atom stereocenters. The van der Waals surface area contributed by atoms with Crippen molar-refractivity contribution in [2.75, 3.05) is 11.5 Å². The van der Waals surface area contributed by atoms with Gasteiger partial charge < -0.3 is 11.5 Å². The maximum Gasteiger partial charge on any atom is 0.0553 e. The van der Waals surface area contributed by atoms with Crippen molar-refractivity contribution in [3.63, 3.8) is 0 Å². The molecule has 0 atom stereocenters. The third-order valence-electron chi connectivity index (χ3n) is 3.67. The first-order chi connectivity index (χ1) is 11.6. The molecule has 0 saturated heterocycles. The van der Waals surface area contributed by atoms with E-state index < -0.39 is 0 Å². The van der Waals surface area contributed by atoms with Gasteiger partial charge in [0.1, 0.15) is 0 Å². The SMILES string of the molecule is CCc1ccn[nH]1.Cc1cc(N)c(N)cc1C=Cc1ccccc1. The van der Waals surface area contributed by atoms with E-state index in [4.69, 9.17) is 11.5 Å². The highest BCUT2D eigenvalue weighted by atomic mass is 15.1. The maximum absolute atomic E-state index is 5.80. The van der Waals surface area contributed by atoms with E-state index in [9.17, 15) is 0 Å². The highest BCUT2D eigenvalue weighted by Gasteiger charge is 1.99. The van der Waals surface area contributed by atoms with Crippen LogP contribution in [0.5, 0.6) is 0 Å². The lowest BCUT2D eigenvalue weighted by molar-refractivity contribution is 0.975. The second-order valence-corrected chi connectivity index (χ2v) is 5.52. The average Bonchev–Trinajstić information content (AvgIpc) is 3.12. The molecule has 4 heteroatoms. The molecule has 2 aromatic carbocycles. The summed E-state index contributed by atoms with van der Waals surface area (Å²) in [6, 6.07) is 15.9. The van der Waals surface area contributed by atoms with Crippen LogP contribution in [0.15, 0.2) is 54.7 Å². The number of nitrogens with one attached hydrogen (secondary N) is 1. The molecule has 0 bridgehead atoms. The molecule has 0 spiro atoms. The molecular formula is C20H24N4. The standard InChI is InChI=1S/C15H16N2.C5H8N2/c1-11-9-14(16)15(17)10-13(11)8-7-12-5-3-2-4-6-12;1-2-5-3-4-6-7-5/h2-10H,16-17H2,1H3;3-4H,2H2,1H3,(H,6,7). The van der Waals surface area contributed by atoms with Crippen molar-refractivity contribution in [1.29, 1.82) is 0 Å². The average molecular weight is 320 g/mol. The number of aromatic amines is 1.